The number of amides is 1. The smallest absolute Gasteiger partial charge is 0.339 e. The Morgan fingerprint density at radius 1 is 1.18 bits per heavy atom. The van der Waals surface area contributed by atoms with E-state index >= 15 is 0 Å². The van der Waals surface area contributed by atoms with Gasteiger partial charge in [-0.2, -0.15) is 0 Å². The van der Waals surface area contributed by atoms with Gasteiger partial charge in [-0.1, -0.05) is 30.3 Å². The van der Waals surface area contributed by atoms with E-state index in [0.29, 0.717) is 12.1 Å². The molecule has 0 bridgehead atoms. The van der Waals surface area contributed by atoms with Crippen molar-refractivity contribution in [2.45, 2.75) is 31.3 Å². The molecule has 2 atom stereocenters. The Hall–Kier alpha value is -2.73. The van der Waals surface area contributed by atoms with E-state index in [4.69, 9.17) is 9.72 Å². The SMILES string of the molecule is O=C1O[C@@H](CC(=O)N2CCC[C@H](c3nc4ccccc4s3)C2)c2ccccc21. The Kier molecular flexibility index (Phi) is 4.36. The van der Waals surface area contributed by atoms with Crippen LogP contribution in [-0.2, 0) is 9.53 Å². The molecule has 3 aromatic rings. The number of piperidine rings is 1. The number of likely N-dealkylation sites (tertiary alicyclic amines) is 1. The summed E-state index contributed by atoms with van der Waals surface area (Å²) >= 11 is 1.72. The molecular weight excluding hydrogens is 372 g/mol. The van der Waals surface area contributed by atoms with Gasteiger partial charge < -0.3 is 9.64 Å². The fraction of sp³-hybridized carbons (Fsp3) is 0.318. The van der Waals surface area contributed by atoms with Crippen molar-refractivity contribution in [3.05, 3.63) is 64.7 Å². The highest BCUT2D eigenvalue weighted by atomic mass is 32.1. The first-order valence-electron chi connectivity index (χ1n) is 9.62. The monoisotopic (exact) mass is 392 g/mol. The molecule has 0 spiro atoms. The predicted molar refractivity (Wildman–Crippen MR) is 107 cm³/mol. The zero-order chi connectivity index (χ0) is 19.1. The first-order valence-corrected chi connectivity index (χ1v) is 10.4. The molecule has 2 aromatic carbocycles. The van der Waals surface area contributed by atoms with Gasteiger partial charge in [0.25, 0.3) is 0 Å². The third kappa shape index (κ3) is 3.07. The molecule has 2 aliphatic heterocycles. The lowest BCUT2D eigenvalue weighted by Crippen LogP contribution is -2.39. The fourth-order valence-electron chi connectivity index (χ4n) is 4.13. The second-order valence-corrected chi connectivity index (χ2v) is 8.45. The maximum atomic E-state index is 12.9. The minimum Gasteiger partial charge on any atom is -0.453 e. The van der Waals surface area contributed by atoms with Crippen molar-refractivity contribution in [2.24, 2.45) is 0 Å². The summed E-state index contributed by atoms with van der Waals surface area (Å²) in [4.78, 5) is 31.6. The standard InChI is InChI=1S/C22H20N2O3S/c25-20(12-18-15-7-1-2-8-16(15)22(26)27-18)24-11-5-6-14(13-24)21-23-17-9-3-4-10-19(17)28-21/h1-4,7-10,14,18H,5-6,11-13H2/t14-,18-/m0/s1. The van der Waals surface area contributed by atoms with Crippen LogP contribution in [0.25, 0.3) is 10.2 Å². The van der Waals surface area contributed by atoms with E-state index in [1.807, 2.05) is 41.3 Å². The lowest BCUT2D eigenvalue weighted by molar-refractivity contribution is -0.134. The lowest BCUT2D eigenvalue weighted by atomic mass is 9.97. The molecule has 1 aromatic heterocycles. The Bertz CT molecular complexity index is 1030. The minimum atomic E-state index is -0.473. The number of nitrogens with zero attached hydrogens (tertiary/aromatic N) is 2. The summed E-state index contributed by atoms with van der Waals surface area (Å²) < 4.78 is 6.64. The van der Waals surface area contributed by atoms with Crippen LogP contribution in [0.3, 0.4) is 0 Å². The van der Waals surface area contributed by atoms with E-state index in [0.717, 1.165) is 35.5 Å². The number of cyclic esters (lactones) is 1. The van der Waals surface area contributed by atoms with Crippen LogP contribution in [0.4, 0.5) is 0 Å². The number of aromatic nitrogens is 1. The summed E-state index contributed by atoms with van der Waals surface area (Å²) in [6, 6.07) is 15.5. The van der Waals surface area contributed by atoms with Gasteiger partial charge in [-0.05, 0) is 31.0 Å². The molecule has 0 saturated carbocycles. The highest BCUT2D eigenvalue weighted by molar-refractivity contribution is 7.18. The molecule has 28 heavy (non-hydrogen) atoms. The van der Waals surface area contributed by atoms with Gasteiger partial charge in [-0.3, -0.25) is 4.79 Å². The van der Waals surface area contributed by atoms with Crippen LogP contribution in [0.2, 0.25) is 0 Å². The molecule has 2 aliphatic rings. The second-order valence-electron chi connectivity index (χ2n) is 7.38. The van der Waals surface area contributed by atoms with Gasteiger partial charge in [-0.15, -0.1) is 11.3 Å². The predicted octanol–water partition coefficient (Wildman–Crippen LogP) is 4.30. The van der Waals surface area contributed by atoms with Crippen molar-refractivity contribution in [1.82, 2.24) is 9.88 Å². The number of hydrogen-bond acceptors (Lipinski definition) is 5. The highest BCUT2D eigenvalue weighted by Crippen LogP contribution is 2.36. The largest absolute Gasteiger partial charge is 0.453 e. The number of hydrogen-bond donors (Lipinski definition) is 0. The van der Waals surface area contributed by atoms with Crippen LogP contribution in [0, 0.1) is 0 Å². The molecule has 0 unspecified atom stereocenters. The molecule has 0 radical (unpaired) electrons. The molecule has 1 saturated heterocycles. The number of thiazole rings is 1. The van der Waals surface area contributed by atoms with Crippen molar-refractivity contribution >= 4 is 33.4 Å². The van der Waals surface area contributed by atoms with Crippen LogP contribution < -0.4 is 0 Å². The average Bonchev–Trinajstić information content (AvgIpc) is 3.30. The summed E-state index contributed by atoms with van der Waals surface area (Å²) in [6.45, 7) is 1.43. The number of carbonyl (C=O) groups excluding carboxylic acids is 2. The van der Waals surface area contributed by atoms with Crippen LogP contribution >= 0.6 is 11.3 Å². The summed E-state index contributed by atoms with van der Waals surface area (Å²) in [7, 11) is 0. The van der Waals surface area contributed by atoms with Crippen molar-refractivity contribution in [3.8, 4) is 0 Å². The molecular formula is C22H20N2O3S. The quantitative estimate of drug-likeness (QED) is 0.624. The molecule has 3 heterocycles. The number of ether oxygens (including phenoxy) is 1. The maximum Gasteiger partial charge on any atom is 0.339 e. The van der Waals surface area contributed by atoms with E-state index in [1.165, 1.54) is 4.70 Å². The minimum absolute atomic E-state index is 0.0420. The molecule has 142 valence electrons. The van der Waals surface area contributed by atoms with Crippen molar-refractivity contribution in [2.75, 3.05) is 13.1 Å². The first kappa shape index (κ1) is 17.4. The number of para-hydroxylation sites is 1. The summed E-state index contributed by atoms with van der Waals surface area (Å²) in [5, 5.41) is 1.11. The molecule has 1 amide bonds. The zero-order valence-electron chi connectivity index (χ0n) is 15.3. The molecule has 0 aliphatic carbocycles. The van der Waals surface area contributed by atoms with E-state index in [9.17, 15) is 9.59 Å². The third-order valence-electron chi connectivity index (χ3n) is 5.57. The summed E-state index contributed by atoms with van der Waals surface area (Å²) in [5.74, 6) is -0.0202. The summed E-state index contributed by atoms with van der Waals surface area (Å²) in [6.07, 6.45) is 1.74. The van der Waals surface area contributed by atoms with Gasteiger partial charge in [-0.25, -0.2) is 9.78 Å². The summed E-state index contributed by atoms with van der Waals surface area (Å²) in [5.41, 5.74) is 2.42. The Balaban J connectivity index is 1.30. The first-order chi connectivity index (χ1) is 13.7. The fourth-order valence-corrected chi connectivity index (χ4v) is 5.22. The van der Waals surface area contributed by atoms with Gasteiger partial charge in [0, 0.05) is 24.6 Å². The Morgan fingerprint density at radius 3 is 2.89 bits per heavy atom. The number of esters is 1. The number of benzene rings is 2. The second kappa shape index (κ2) is 7.02. The van der Waals surface area contributed by atoms with Crippen molar-refractivity contribution < 1.29 is 14.3 Å². The van der Waals surface area contributed by atoms with E-state index < -0.39 is 6.10 Å². The van der Waals surface area contributed by atoms with E-state index in [2.05, 4.69) is 6.07 Å². The number of rotatable bonds is 3. The lowest BCUT2D eigenvalue weighted by Gasteiger charge is -2.32. The number of fused-ring (bicyclic) bond motifs is 2. The molecule has 5 nitrogen and oxygen atoms in total. The van der Waals surface area contributed by atoms with Gasteiger partial charge in [0.1, 0.15) is 6.10 Å². The van der Waals surface area contributed by atoms with Gasteiger partial charge in [0.15, 0.2) is 0 Å². The van der Waals surface area contributed by atoms with Crippen LogP contribution in [-0.4, -0.2) is 34.8 Å². The average molecular weight is 392 g/mol. The third-order valence-corrected chi connectivity index (χ3v) is 6.77. The Morgan fingerprint density at radius 2 is 2.00 bits per heavy atom. The topological polar surface area (TPSA) is 59.5 Å². The molecule has 5 rings (SSSR count). The van der Waals surface area contributed by atoms with Gasteiger partial charge >= 0.3 is 5.97 Å². The van der Waals surface area contributed by atoms with Crippen LogP contribution in [0.5, 0.6) is 0 Å². The Labute approximate surface area is 166 Å². The molecule has 6 heteroatoms. The maximum absolute atomic E-state index is 12.9. The van der Waals surface area contributed by atoms with Gasteiger partial charge in [0.05, 0.1) is 27.2 Å². The number of carbonyl (C=O) groups is 2. The normalized spacial score (nSPS) is 21.6. The van der Waals surface area contributed by atoms with Crippen LogP contribution in [0.15, 0.2) is 48.5 Å². The zero-order valence-corrected chi connectivity index (χ0v) is 16.2. The highest BCUT2D eigenvalue weighted by Gasteiger charge is 2.34. The van der Waals surface area contributed by atoms with E-state index in [-0.39, 0.29) is 24.2 Å². The van der Waals surface area contributed by atoms with Crippen molar-refractivity contribution in [1.29, 1.82) is 0 Å². The van der Waals surface area contributed by atoms with Crippen LogP contribution in [0.1, 0.15) is 52.2 Å². The van der Waals surface area contributed by atoms with Crippen molar-refractivity contribution in [3.63, 3.8) is 0 Å². The van der Waals surface area contributed by atoms with Gasteiger partial charge in [0.2, 0.25) is 5.91 Å². The molecule has 0 N–H and O–H groups in total. The molecule has 1 fully saturated rings. The van der Waals surface area contributed by atoms with E-state index in [1.54, 1.807) is 17.4 Å².